The van der Waals surface area contributed by atoms with Gasteiger partial charge in [0.15, 0.2) is 0 Å². The first-order chi connectivity index (χ1) is 29.8. The summed E-state index contributed by atoms with van der Waals surface area (Å²) >= 11 is 0. The standard InChI is InChI=1S/C49H21F6N7/c50-48(51,52)33-7-9-34(41(21-33)49(53,54)55)32-6-14-46(61-42-10-2-27(22-56)15-36(42)37-16-28(23-57)3-11-43(37)61)40(20-32)35-8-1-31(26-60)19-47(35)62-44-12-4-29(24-58)17-38(44)39-18-30(25-59)5-13-45(39)62/h1-21H. The maximum Gasteiger partial charge on any atom is 0.417 e. The maximum absolute atomic E-state index is 14.7. The quantitative estimate of drug-likeness (QED) is 0.163. The zero-order chi connectivity index (χ0) is 43.7. The summed E-state index contributed by atoms with van der Waals surface area (Å²) < 4.78 is 89.4. The molecule has 0 N–H and O–H groups in total. The van der Waals surface area contributed by atoms with Crippen molar-refractivity contribution in [3.63, 3.8) is 0 Å². The van der Waals surface area contributed by atoms with Gasteiger partial charge >= 0.3 is 12.4 Å². The highest BCUT2D eigenvalue weighted by molar-refractivity contribution is 6.12. The van der Waals surface area contributed by atoms with E-state index in [1.165, 1.54) is 18.2 Å². The fourth-order valence-electron chi connectivity index (χ4n) is 8.18. The molecule has 0 saturated heterocycles. The molecule has 0 saturated carbocycles. The lowest BCUT2D eigenvalue weighted by molar-refractivity contribution is -0.142. The lowest BCUT2D eigenvalue weighted by atomic mass is 9.92. The van der Waals surface area contributed by atoms with Gasteiger partial charge in [-0.3, -0.25) is 0 Å². The Morgan fingerprint density at radius 2 is 0.758 bits per heavy atom. The van der Waals surface area contributed by atoms with Gasteiger partial charge in [-0.15, -0.1) is 0 Å². The van der Waals surface area contributed by atoms with Crippen LogP contribution in [0.5, 0.6) is 0 Å². The van der Waals surface area contributed by atoms with E-state index in [0.29, 0.717) is 94.4 Å². The van der Waals surface area contributed by atoms with E-state index in [-0.39, 0.29) is 17.2 Å². The van der Waals surface area contributed by atoms with Crippen LogP contribution in [-0.2, 0) is 12.4 Å². The zero-order valence-corrected chi connectivity index (χ0v) is 31.5. The average molecular weight is 822 g/mol. The molecule has 7 nitrogen and oxygen atoms in total. The molecule has 0 amide bonds. The summed E-state index contributed by atoms with van der Waals surface area (Å²) in [6.07, 6.45) is -10.2. The van der Waals surface area contributed by atoms with Crippen LogP contribution in [0.25, 0.3) is 77.2 Å². The first kappa shape index (κ1) is 38.7. The average Bonchev–Trinajstić information content (AvgIpc) is 3.78. The van der Waals surface area contributed by atoms with Gasteiger partial charge in [-0.05, 0) is 120 Å². The Morgan fingerprint density at radius 1 is 0.355 bits per heavy atom. The second kappa shape index (κ2) is 14.2. The minimum atomic E-state index is -5.19. The van der Waals surface area contributed by atoms with Crippen molar-refractivity contribution in [1.82, 2.24) is 9.13 Å². The summed E-state index contributed by atoms with van der Waals surface area (Å²) in [6, 6.07) is 41.3. The Morgan fingerprint density at radius 3 is 1.18 bits per heavy atom. The van der Waals surface area contributed by atoms with Crippen LogP contribution >= 0.6 is 0 Å². The molecular formula is C49H21F6N7. The molecule has 0 atom stereocenters. The van der Waals surface area contributed by atoms with Crippen LogP contribution in [0, 0.1) is 56.7 Å². The number of fused-ring (bicyclic) bond motifs is 6. The summed E-state index contributed by atoms with van der Waals surface area (Å²) in [7, 11) is 0. The van der Waals surface area contributed by atoms with Crippen molar-refractivity contribution in [3.05, 3.63) is 166 Å². The van der Waals surface area contributed by atoms with Crippen LogP contribution in [0.1, 0.15) is 38.9 Å². The van der Waals surface area contributed by atoms with Crippen LogP contribution in [0.3, 0.4) is 0 Å². The van der Waals surface area contributed by atoms with E-state index in [2.05, 4.69) is 30.3 Å². The summed E-state index contributed by atoms with van der Waals surface area (Å²) in [5.41, 5.74) is 1.69. The first-order valence-corrected chi connectivity index (χ1v) is 18.5. The molecule has 9 rings (SSSR count). The summed E-state index contributed by atoms with van der Waals surface area (Å²) in [5, 5.41) is 51.9. The highest BCUT2D eigenvalue weighted by Crippen LogP contribution is 2.46. The normalized spacial score (nSPS) is 11.6. The number of rotatable bonds is 4. The number of nitriles is 5. The van der Waals surface area contributed by atoms with E-state index < -0.39 is 29.0 Å². The van der Waals surface area contributed by atoms with Crippen molar-refractivity contribution < 1.29 is 26.3 Å². The zero-order valence-electron chi connectivity index (χ0n) is 31.5. The third-order valence-corrected chi connectivity index (χ3v) is 10.9. The molecule has 7 aromatic carbocycles. The minimum absolute atomic E-state index is 0.0704. The van der Waals surface area contributed by atoms with Gasteiger partial charge in [0, 0.05) is 32.7 Å². The summed E-state index contributed by atoms with van der Waals surface area (Å²) in [4.78, 5) is 0. The molecule has 62 heavy (non-hydrogen) atoms. The minimum Gasteiger partial charge on any atom is -0.309 e. The molecule has 0 unspecified atom stereocenters. The predicted octanol–water partition coefficient (Wildman–Crippen LogP) is 12.6. The van der Waals surface area contributed by atoms with Crippen molar-refractivity contribution in [3.8, 4) is 64.0 Å². The number of hydrogen-bond acceptors (Lipinski definition) is 5. The van der Waals surface area contributed by atoms with E-state index in [1.54, 1.807) is 91.0 Å². The second-order valence-electron chi connectivity index (χ2n) is 14.4. The van der Waals surface area contributed by atoms with Crippen LogP contribution in [0.2, 0.25) is 0 Å². The molecule has 0 aliphatic heterocycles. The summed E-state index contributed by atoms with van der Waals surface area (Å²) in [5.74, 6) is 0. The molecule has 0 spiro atoms. The lowest BCUT2D eigenvalue weighted by Crippen LogP contribution is -2.12. The molecular weight excluding hydrogens is 801 g/mol. The maximum atomic E-state index is 14.7. The SMILES string of the molecule is N#Cc1ccc(-c2cc(-c3ccc(C(F)(F)F)cc3C(F)(F)F)ccc2-n2c3ccc(C#N)cc3c3cc(C#N)ccc32)c(-n2c3ccc(C#N)cc3c3cc(C#N)ccc32)c1. The van der Waals surface area contributed by atoms with E-state index >= 15 is 0 Å². The largest absolute Gasteiger partial charge is 0.417 e. The molecule has 0 radical (unpaired) electrons. The Labute approximate surface area is 347 Å². The van der Waals surface area contributed by atoms with Crippen molar-refractivity contribution in [2.24, 2.45) is 0 Å². The number of aromatic nitrogens is 2. The molecule has 0 bridgehead atoms. The molecule has 9 aromatic rings. The van der Waals surface area contributed by atoms with Gasteiger partial charge in [0.25, 0.3) is 0 Å². The second-order valence-corrected chi connectivity index (χ2v) is 14.4. The topological polar surface area (TPSA) is 129 Å². The Bertz CT molecular complexity index is 3490. The van der Waals surface area contributed by atoms with Gasteiger partial charge in [-0.2, -0.15) is 52.7 Å². The Balaban J connectivity index is 1.44. The highest BCUT2D eigenvalue weighted by Gasteiger charge is 2.38. The smallest absolute Gasteiger partial charge is 0.309 e. The fraction of sp³-hybridized carbons (Fsp3) is 0.0408. The monoisotopic (exact) mass is 821 g/mol. The van der Waals surface area contributed by atoms with Gasteiger partial charge in [-0.25, -0.2) is 0 Å². The fourth-order valence-corrected chi connectivity index (χ4v) is 8.18. The first-order valence-electron chi connectivity index (χ1n) is 18.5. The third kappa shape index (κ3) is 6.20. The molecule has 2 heterocycles. The molecule has 0 aliphatic rings. The Hall–Kier alpha value is -8.83. The van der Waals surface area contributed by atoms with E-state index in [9.17, 15) is 52.7 Å². The van der Waals surface area contributed by atoms with Crippen molar-refractivity contribution >= 4 is 43.6 Å². The van der Waals surface area contributed by atoms with Crippen LogP contribution < -0.4 is 0 Å². The lowest BCUT2D eigenvalue weighted by Gasteiger charge is -2.21. The number of nitrogens with zero attached hydrogens (tertiary/aromatic N) is 7. The van der Waals surface area contributed by atoms with Crippen LogP contribution in [0.4, 0.5) is 26.3 Å². The number of hydrogen-bond donors (Lipinski definition) is 0. The van der Waals surface area contributed by atoms with Crippen molar-refractivity contribution in [2.45, 2.75) is 12.4 Å². The number of benzene rings is 7. The van der Waals surface area contributed by atoms with Gasteiger partial charge in [0.2, 0.25) is 0 Å². The molecule has 2 aromatic heterocycles. The van der Waals surface area contributed by atoms with Crippen molar-refractivity contribution in [1.29, 1.82) is 26.3 Å². The summed E-state index contributed by atoms with van der Waals surface area (Å²) in [6.45, 7) is 0. The van der Waals surface area contributed by atoms with Gasteiger partial charge < -0.3 is 9.13 Å². The Kier molecular flexibility index (Phi) is 8.84. The van der Waals surface area contributed by atoms with Crippen LogP contribution in [0.15, 0.2) is 127 Å². The van der Waals surface area contributed by atoms with Gasteiger partial charge in [0.1, 0.15) is 0 Å². The van der Waals surface area contributed by atoms with Gasteiger partial charge in [-0.1, -0.05) is 18.2 Å². The molecule has 0 aliphatic carbocycles. The predicted molar refractivity (Wildman–Crippen MR) is 220 cm³/mol. The van der Waals surface area contributed by atoms with Crippen LogP contribution in [-0.4, -0.2) is 9.13 Å². The van der Waals surface area contributed by atoms with Crippen molar-refractivity contribution in [2.75, 3.05) is 0 Å². The third-order valence-electron chi connectivity index (χ3n) is 10.9. The van der Waals surface area contributed by atoms with Gasteiger partial charge in [0.05, 0.1) is 103 Å². The number of halogens is 6. The van der Waals surface area contributed by atoms with E-state index in [0.717, 1.165) is 6.07 Å². The molecule has 0 fully saturated rings. The highest BCUT2D eigenvalue weighted by atomic mass is 19.4. The van der Waals surface area contributed by atoms with E-state index in [1.807, 2.05) is 9.13 Å². The number of alkyl halides is 6. The molecule has 13 heteroatoms. The molecule has 294 valence electrons. The van der Waals surface area contributed by atoms with E-state index in [4.69, 9.17) is 0 Å².